The molecule has 0 radical (unpaired) electrons. The Morgan fingerprint density at radius 1 is 1.56 bits per heavy atom. The molecule has 0 aromatic carbocycles. The summed E-state index contributed by atoms with van der Waals surface area (Å²) in [5.74, 6) is 0. The zero-order chi connectivity index (χ0) is 13.1. The number of nitrogens with zero attached hydrogens (tertiary/aromatic N) is 3. The molecule has 1 heterocycles. The van der Waals surface area contributed by atoms with Crippen molar-refractivity contribution in [3.63, 3.8) is 0 Å². The third kappa shape index (κ3) is 2.93. The van der Waals surface area contributed by atoms with Gasteiger partial charge in [-0.25, -0.2) is 0 Å². The lowest BCUT2D eigenvalue weighted by Crippen LogP contribution is -2.36. The van der Waals surface area contributed by atoms with E-state index < -0.39 is 0 Å². The van der Waals surface area contributed by atoms with Crippen molar-refractivity contribution in [2.45, 2.75) is 45.2 Å². The quantitative estimate of drug-likeness (QED) is 0.864. The molecular weight excluding hydrogens is 224 g/mol. The van der Waals surface area contributed by atoms with Crippen LogP contribution in [0.3, 0.4) is 0 Å². The number of rotatable bonds is 5. The van der Waals surface area contributed by atoms with Gasteiger partial charge in [0.25, 0.3) is 0 Å². The molecule has 0 bridgehead atoms. The van der Waals surface area contributed by atoms with Crippen molar-refractivity contribution in [2.24, 2.45) is 7.05 Å². The minimum absolute atomic E-state index is 0.503. The molecular formula is C14H26N4. The van der Waals surface area contributed by atoms with Gasteiger partial charge in [0.05, 0.1) is 6.20 Å². The van der Waals surface area contributed by atoms with E-state index >= 15 is 0 Å². The van der Waals surface area contributed by atoms with Crippen LogP contribution in [0.15, 0.2) is 6.20 Å². The molecule has 0 aliphatic heterocycles. The molecule has 0 saturated heterocycles. The summed E-state index contributed by atoms with van der Waals surface area (Å²) >= 11 is 0. The van der Waals surface area contributed by atoms with Crippen LogP contribution in [-0.2, 0) is 13.5 Å². The van der Waals surface area contributed by atoms with Gasteiger partial charge in [-0.2, -0.15) is 5.10 Å². The first-order valence-corrected chi connectivity index (χ1v) is 7.04. The number of aryl methyl sites for hydroxylation is 1. The van der Waals surface area contributed by atoms with E-state index in [-0.39, 0.29) is 0 Å². The Labute approximate surface area is 110 Å². The molecule has 0 spiro atoms. The zero-order valence-corrected chi connectivity index (χ0v) is 12.1. The molecule has 1 unspecified atom stereocenters. The predicted molar refractivity (Wildman–Crippen MR) is 74.7 cm³/mol. The summed E-state index contributed by atoms with van der Waals surface area (Å²) < 4.78 is 2.03. The van der Waals surface area contributed by atoms with E-state index in [4.69, 9.17) is 0 Å². The van der Waals surface area contributed by atoms with E-state index in [1.165, 1.54) is 30.5 Å². The van der Waals surface area contributed by atoms with Crippen molar-refractivity contribution in [3.8, 4) is 0 Å². The number of fused-ring (bicyclic) bond motifs is 1. The SMILES string of the molecule is CC(C)N(C)CCNC1CCCc2c1cnn2C. The average Bonchev–Trinajstić information content (AvgIpc) is 2.72. The minimum Gasteiger partial charge on any atom is -0.309 e. The summed E-state index contributed by atoms with van der Waals surface area (Å²) in [6.45, 7) is 6.62. The molecule has 18 heavy (non-hydrogen) atoms. The third-order valence-corrected chi connectivity index (χ3v) is 4.11. The van der Waals surface area contributed by atoms with Gasteiger partial charge in [-0.3, -0.25) is 4.68 Å². The summed E-state index contributed by atoms with van der Waals surface area (Å²) in [4.78, 5) is 2.37. The zero-order valence-electron chi connectivity index (χ0n) is 12.1. The molecule has 1 N–H and O–H groups in total. The highest BCUT2D eigenvalue weighted by atomic mass is 15.3. The van der Waals surface area contributed by atoms with Gasteiger partial charge in [-0.05, 0) is 40.2 Å². The number of nitrogens with one attached hydrogen (secondary N) is 1. The fraction of sp³-hybridized carbons (Fsp3) is 0.786. The molecule has 1 aliphatic carbocycles. The minimum atomic E-state index is 0.503. The van der Waals surface area contributed by atoms with Crippen LogP contribution in [-0.4, -0.2) is 40.9 Å². The Hall–Kier alpha value is -0.870. The maximum atomic E-state index is 4.39. The first-order valence-electron chi connectivity index (χ1n) is 7.04. The van der Waals surface area contributed by atoms with Gasteiger partial charge in [0.1, 0.15) is 0 Å². The van der Waals surface area contributed by atoms with Gasteiger partial charge >= 0.3 is 0 Å². The summed E-state index contributed by atoms with van der Waals surface area (Å²) in [7, 11) is 4.23. The maximum Gasteiger partial charge on any atom is 0.0540 e. The topological polar surface area (TPSA) is 33.1 Å². The first kappa shape index (κ1) is 13.6. The molecule has 2 rings (SSSR count). The molecule has 4 nitrogen and oxygen atoms in total. The smallest absolute Gasteiger partial charge is 0.0540 e. The first-order chi connectivity index (χ1) is 8.59. The van der Waals surface area contributed by atoms with E-state index in [2.05, 4.69) is 36.2 Å². The van der Waals surface area contributed by atoms with Gasteiger partial charge in [0.2, 0.25) is 0 Å². The van der Waals surface area contributed by atoms with E-state index in [0.29, 0.717) is 12.1 Å². The van der Waals surface area contributed by atoms with Crippen LogP contribution in [0.4, 0.5) is 0 Å². The van der Waals surface area contributed by atoms with E-state index in [0.717, 1.165) is 13.1 Å². The van der Waals surface area contributed by atoms with Crippen molar-refractivity contribution in [1.29, 1.82) is 0 Å². The lowest BCUT2D eigenvalue weighted by molar-refractivity contribution is 0.266. The number of hydrogen-bond acceptors (Lipinski definition) is 3. The van der Waals surface area contributed by atoms with Crippen LogP contribution < -0.4 is 5.32 Å². The summed E-state index contributed by atoms with van der Waals surface area (Å²) in [5.41, 5.74) is 2.83. The van der Waals surface area contributed by atoms with Gasteiger partial charge in [0.15, 0.2) is 0 Å². The standard InChI is InChI=1S/C14H26N4/c1-11(2)17(3)9-8-15-13-6-5-7-14-12(13)10-16-18(14)4/h10-11,13,15H,5-9H2,1-4H3. The van der Waals surface area contributed by atoms with Gasteiger partial charge < -0.3 is 10.2 Å². The molecule has 4 heteroatoms. The van der Waals surface area contributed by atoms with Crippen molar-refractivity contribution in [2.75, 3.05) is 20.1 Å². The van der Waals surface area contributed by atoms with E-state index in [1.54, 1.807) is 0 Å². The van der Waals surface area contributed by atoms with Gasteiger partial charge in [0, 0.05) is 43.5 Å². The van der Waals surface area contributed by atoms with Gasteiger partial charge in [-0.1, -0.05) is 0 Å². The molecule has 1 aromatic rings. The Morgan fingerprint density at radius 2 is 2.33 bits per heavy atom. The van der Waals surface area contributed by atoms with Gasteiger partial charge in [-0.15, -0.1) is 0 Å². The van der Waals surface area contributed by atoms with E-state index in [1.807, 2.05) is 17.9 Å². The van der Waals surface area contributed by atoms with Crippen molar-refractivity contribution in [1.82, 2.24) is 20.0 Å². The molecule has 0 amide bonds. The normalized spacial score (nSPS) is 19.6. The Morgan fingerprint density at radius 3 is 3.06 bits per heavy atom. The fourth-order valence-corrected chi connectivity index (χ4v) is 2.59. The lowest BCUT2D eigenvalue weighted by atomic mass is 9.93. The second-order valence-electron chi connectivity index (χ2n) is 5.64. The van der Waals surface area contributed by atoms with Crippen LogP contribution in [0.2, 0.25) is 0 Å². The molecule has 0 fully saturated rings. The van der Waals surface area contributed by atoms with Crippen molar-refractivity contribution < 1.29 is 0 Å². The lowest BCUT2D eigenvalue weighted by Gasteiger charge is -2.26. The predicted octanol–water partition coefficient (Wildman–Crippen LogP) is 1.73. The molecule has 0 saturated carbocycles. The molecule has 1 aromatic heterocycles. The van der Waals surface area contributed by atoms with Crippen LogP contribution in [0.25, 0.3) is 0 Å². The summed E-state index contributed by atoms with van der Waals surface area (Å²) in [6, 6.07) is 1.12. The highest BCUT2D eigenvalue weighted by molar-refractivity contribution is 5.24. The van der Waals surface area contributed by atoms with E-state index in [9.17, 15) is 0 Å². The van der Waals surface area contributed by atoms with Crippen LogP contribution in [0, 0.1) is 0 Å². The molecule has 1 atom stereocenters. The maximum absolute atomic E-state index is 4.39. The fourth-order valence-electron chi connectivity index (χ4n) is 2.59. The van der Waals surface area contributed by atoms with Crippen molar-refractivity contribution >= 4 is 0 Å². The Bertz CT molecular complexity index is 383. The highest BCUT2D eigenvalue weighted by Crippen LogP contribution is 2.28. The second-order valence-corrected chi connectivity index (χ2v) is 5.64. The third-order valence-electron chi connectivity index (χ3n) is 4.11. The second kappa shape index (κ2) is 5.85. The summed E-state index contributed by atoms with van der Waals surface area (Å²) in [6.07, 6.45) is 5.72. The summed E-state index contributed by atoms with van der Waals surface area (Å²) in [5, 5.41) is 8.07. The Balaban J connectivity index is 1.88. The number of likely N-dealkylation sites (N-methyl/N-ethyl adjacent to an activating group) is 1. The van der Waals surface area contributed by atoms with Crippen LogP contribution in [0.5, 0.6) is 0 Å². The number of hydrogen-bond donors (Lipinski definition) is 1. The largest absolute Gasteiger partial charge is 0.309 e. The molecule has 102 valence electrons. The monoisotopic (exact) mass is 250 g/mol. The Kier molecular flexibility index (Phi) is 4.40. The highest BCUT2D eigenvalue weighted by Gasteiger charge is 2.22. The molecule has 1 aliphatic rings. The van der Waals surface area contributed by atoms with Crippen LogP contribution >= 0.6 is 0 Å². The average molecular weight is 250 g/mol. The van der Waals surface area contributed by atoms with Crippen molar-refractivity contribution in [3.05, 3.63) is 17.5 Å². The van der Waals surface area contributed by atoms with Crippen LogP contribution in [0.1, 0.15) is 44.0 Å². The number of aromatic nitrogens is 2.